The fraction of sp³-hybridized carbons (Fsp3) is 0.250. The molecule has 1 aliphatic heterocycles. The second kappa shape index (κ2) is 6.07. The molecule has 0 fully saturated rings. The SMILES string of the molecule is CC(c1ccc(S(=O)O)cc1)N1CCS(=O)(=O)c2ccccc21. The van der Waals surface area contributed by atoms with Crippen molar-refractivity contribution in [2.45, 2.75) is 22.8 Å². The number of benzene rings is 2. The predicted molar refractivity (Wildman–Crippen MR) is 89.7 cm³/mol. The molecule has 1 heterocycles. The first-order valence-electron chi connectivity index (χ1n) is 7.19. The molecule has 0 saturated heterocycles. The molecule has 1 aliphatic rings. The summed E-state index contributed by atoms with van der Waals surface area (Å²) in [6, 6.07) is 13.8. The van der Waals surface area contributed by atoms with E-state index in [4.69, 9.17) is 4.55 Å². The highest BCUT2D eigenvalue weighted by molar-refractivity contribution is 7.91. The van der Waals surface area contributed by atoms with Crippen LogP contribution in [0, 0.1) is 0 Å². The van der Waals surface area contributed by atoms with Crippen LogP contribution in [0.2, 0.25) is 0 Å². The van der Waals surface area contributed by atoms with Gasteiger partial charge in [0.25, 0.3) is 0 Å². The van der Waals surface area contributed by atoms with Crippen molar-refractivity contribution in [1.29, 1.82) is 0 Å². The van der Waals surface area contributed by atoms with Crippen molar-refractivity contribution >= 4 is 26.6 Å². The van der Waals surface area contributed by atoms with Crippen LogP contribution >= 0.6 is 0 Å². The molecule has 2 aromatic rings. The maximum absolute atomic E-state index is 12.2. The third-order valence-electron chi connectivity index (χ3n) is 4.14. The van der Waals surface area contributed by atoms with Crippen LogP contribution in [-0.4, -0.2) is 29.5 Å². The zero-order chi connectivity index (χ0) is 16.6. The molecule has 0 spiro atoms. The molecule has 2 unspecified atom stereocenters. The van der Waals surface area contributed by atoms with Crippen molar-refractivity contribution in [1.82, 2.24) is 0 Å². The lowest BCUT2D eigenvalue weighted by molar-refractivity contribution is 0.564. The van der Waals surface area contributed by atoms with Gasteiger partial charge in [0.1, 0.15) is 0 Å². The Hall–Kier alpha value is -1.70. The standard InChI is InChI=1S/C16H17NO4S2/c1-12(13-6-8-14(9-7-13)22(18)19)17-10-11-23(20,21)16-5-3-2-4-15(16)17/h2-9,12H,10-11H2,1H3,(H,18,19). The Morgan fingerprint density at radius 3 is 2.43 bits per heavy atom. The van der Waals surface area contributed by atoms with E-state index in [1.165, 1.54) is 0 Å². The summed E-state index contributed by atoms with van der Waals surface area (Å²) in [4.78, 5) is 2.77. The summed E-state index contributed by atoms with van der Waals surface area (Å²) in [7, 11) is -3.22. The molecular weight excluding hydrogens is 334 g/mol. The van der Waals surface area contributed by atoms with Gasteiger partial charge in [0, 0.05) is 6.54 Å². The molecule has 0 aliphatic carbocycles. The number of hydrogen-bond acceptors (Lipinski definition) is 4. The summed E-state index contributed by atoms with van der Waals surface area (Å²) in [5.41, 5.74) is 1.68. The van der Waals surface area contributed by atoms with E-state index in [0.717, 1.165) is 5.56 Å². The highest BCUT2D eigenvalue weighted by Crippen LogP contribution is 2.35. The van der Waals surface area contributed by atoms with Gasteiger partial charge in [-0.1, -0.05) is 24.3 Å². The van der Waals surface area contributed by atoms with Crippen LogP contribution in [-0.2, 0) is 20.9 Å². The predicted octanol–water partition coefficient (Wildman–Crippen LogP) is 2.62. The molecule has 2 atom stereocenters. The largest absolute Gasteiger partial charge is 0.363 e. The van der Waals surface area contributed by atoms with E-state index in [1.54, 1.807) is 36.4 Å². The molecule has 0 saturated carbocycles. The number of hydrogen-bond donors (Lipinski definition) is 1. The van der Waals surface area contributed by atoms with E-state index in [0.29, 0.717) is 22.0 Å². The molecule has 23 heavy (non-hydrogen) atoms. The van der Waals surface area contributed by atoms with Gasteiger partial charge in [-0.3, -0.25) is 0 Å². The fourth-order valence-corrected chi connectivity index (χ4v) is 4.67. The normalized spacial score (nSPS) is 19.0. The van der Waals surface area contributed by atoms with E-state index in [9.17, 15) is 12.6 Å². The molecule has 122 valence electrons. The minimum Gasteiger partial charge on any atom is -0.363 e. The second-order valence-electron chi connectivity index (χ2n) is 5.47. The average molecular weight is 351 g/mol. The van der Waals surface area contributed by atoms with Gasteiger partial charge in [-0.15, -0.1) is 0 Å². The molecule has 0 amide bonds. The highest BCUT2D eigenvalue weighted by Gasteiger charge is 2.30. The summed E-state index contributed by atoms with van der Waals surface area (Å²) in [6.07, 6.45) is 0. The Kier molecular flexibility index (Phi) is 4.27. The van der Waals surface area contributed by atoms with E-state index < -0.39 is 20.9 Å². The van der Waals surface area contributed by atoms with Crippen LogP contribution in [0.4, 0.5) is 5.69 Å². The van der Waals surface area contributed by atoms with Crippen LogP contribution < -0.4 is 4.90 Å². The Bertz CT molecular complexity index is 847. The number of fused-ring (bicyclic) bond motifs is 1. The molecule has 0 radical (unpaired) electrons. The number of rotatable bonds is 3. The van der Waals surface area contributed by atoms with Crippen molar-refractivity contribution in [2.75, 3.05) is 17.2 Å². The molecule has 5 nitrogen and oxygen atoms in total. The summed E-state index contributed by atoms with van der Waals surface area (Å²) >= 11 is -1.99. The number of anilines is 1. The van der Waals surface area contributed by atoms with Crippen molar-refractivity contribution in [3.63, 3.8) is 0 Å². The second-order valence-corrected chi connectivity index (χ2v) is 8.52. The van der Waals surface area contributed by atoms with Gasteiger partial charge in [0.15, 0.2) is 20.9 Å². The molecular formula is C16H17NO4S2. The summed E-state index contributed by atoms with van der Waals surface area (Å²) in [5.74, 6) is 0.0904. The van der Waals surface area contributed by atoms with Crippen molar-refractivity contribution in [3.8, 4) is 0 Å². The summed E-state index contributed by atoms with van der Waals surface area (Å²) < 4.78 is 44.6. The summed E-state index contributed by atoms with van der Waals surface area (Å²) in [6.45, 7) is 2.42. The van der Waals surface area contributed by atoms with Crippen LogP contribution in [0.15, 0.2) is 58.3 Å². The molecule has 0 aromatic heterocycles. The zero-order valence-corrected chi connectivity index (χ0v) is 14.2. The van der Waals surface area contributed by atoms with Gasteiger partial charge in [-0.25, -0.2) is 12.6 Å². The number of sulfone groups is 1. The van der Waals surface area contributed by atoms with Crippen molar-refractivity contribution < 1.29 is 17.2 Å². The molecule has 7 heteroatoms. The van der Waals surface area contributed by atoms with E-state index in [-0.39, 0.29) is 11.8 Å². The fourth-order valence-electron chi connectivity index (χ4n) is 2.85. The maximum atomic E-state index is 12.2. The van der Waals surface area contributed by atoms with E-state index in [2.05, 4.69) is 4.90 Å². The van der Waals surface area contributed by atoms with E-state index >= 15 is 0 Å². The van der Waals surface area contributed by atoms with Gasteiger partial charge in [-0.2, -0.15) is 0 Å². The van der Waals surface area contributed by atoms with Crippen LogP contribution in [0.25, 0.3) is 0 Å². The van der Waals surface area contributed by atoms with Crippen molar-refractivity contribution in [2.24, 2.45) is 0 Å². The van der Waals surface area contributed by atoms with Gasteiger partial charge in [0.2, 0.25) is 0 Å². The topological polar surface area (TPSA) is 74.7 Å². The molecule has 3 rings (SSSR count). The lowest BCUT2D eigenvalue weighted by Gasteiger charge is -2.36. The average Bonchev–Trinajstić information content (AvgIpc) is 2.55. The van der Waals surface area contributed by atoms with Gasteiger partial charge < -0.3 is 9.45 Å². The third kappa shape index (κ3) is 3.04. The molecule has 0 bridgehead atoms. The van der Waals surface area contributed by atoms with E-state index in [1.807, 2.05) is 19.1 Å². The minimum atomic E-state index is -3.22. The zero-order valence-electron chi connectivity index (χ0n) is 12.5. The first-order valence-corrected chi connectivity index (χ1v) is 9.95. The summed E-state index contributed by atoms with van der Waals surface area (Å²) in [5, 5.41) is 0. The lowest BCUT2D eigenvalue weighted by Crippen LogP contribution is -2.37. The monoisotopic (exact) mass is 351 g/mol. The third-order valence-corrected chi connectivity index (χ3v) is 6.55. The smallest absolute Gasteiger partial charge is 0.186 e. The van der Waals surface area contributed by atoms with Gasteiger partial charge in [-0.05, 0) is 36.8 Å². The van der Waals surface area contributed by atoms with Crippen LogP contribution in [0.3, 0.4) is 0 Å². The van der Waals surface area contributed by atoms with Crippen LogP contribution in [0.5, 0.6) is 0 Å². The lowest BCUT2D eigenvalue weighted by atomic mass is 10.1. The maximum Gasteiger partial charge on any atom is 0.186 e. The quantitative estimate of drug-likeness (QED) is 0.861. The molecule has 1 N–H and O–H groups in total. The minimum absolute atomic E-state index is 0.0344. The Balaban J connectivity index is 1.97. The highest BCUT2D eigenvalue weighted by atomic mass is 32.2. The van der Waals surface area contributed by atoms with Crippen molar-refractivity contribution in [3.05, 3.63) is 54.1 Å². The Morgan fingerprint density at radius 2 is 1.78 bits per heavy atom. The van der Waals surface area contributed by atoms with Gasteiger partial charge >= 0.3 is 0 Å². The Labute approximate surface area is 138 Å². The first-order chi connectivity index (χ1) is 10.9. The molecule has 2 aromatic carbocycles. The van der Waals surface area contributed by atoms with Gasteiger partial charge in [0.05, 0.1) is 27.3 Å². The number of para-hydroxylation sites is 1. The Morgan fingerprint density at radius 1 is 1.13 bits per heavy atom. The first kappa shape index (κ1) is 16.2. The van der Waals surface area contributed by atoms with Crippen LogP contribution in [0.1, 0.15) is 18.5 Å². The number of nitrogens with zero attached hydrogens (tertiary/aromatic N) is 1.